The number of hydrogen-bond donors (Lipinski definition) is 2. The summed E-state index contributed by atoms with van der Waals surface area (Å²) < 4.78 is 43.5. The fourth-order valence-corrected chi connectivity index (χ4v) is 9.33. The summed E-state index contributed by atoms with van der Waals surface area (Å²) in [6.07, 6.45) is 4.31. The second-order valence-corrected chi connectivity index (χ2v) is 18.0. The third-order valence-corrected chi connectivity index (χ3v) is 13.8. The molecule has 4 aliphatic rings. The highest BCUT2D eigenvalue weighted by molar-refractivity contribution is 6.32. The summed E-state index contributed by atoms with van der Waals surface area (Å²) in [4.78, 5) is 39.2. The number of carbonyl (C=O) groups is 2. The van der Waals surface area contributed by atoms with Crippen LogP contribution in [0.2, 0.25) is 10.0 Å². The van der Waals surface area contributed by atoms with Gasteiger partial charge in [0.15, 0.2) is 11.3 Å². The first kappa shape index (κ1) is 43.8. The molecule has 2 aliphatic carbocycles. The normalized spacial score (nSPS) is 20.6. The van der Waals surface area contributed by atoms with Gasteiger partial charge in [0.05, 0.1) is 106 Å². The van der Waals surface area contributed by atoms with Crippen LogP contribution in [0.15, 0.2) is 36.4 Å². The van der Waals surface area contributed by atoms with Crippen molar-refractivity contribution in [3.63, 3.8) is 0 Å². The van der Waals surface area contributed by atoms with Crippen molar-refractivity contribution in [1.82, 2.24) is 39.0 Å². The van der Waals surface area contributed by atoms with E-state index in [0.717, 1.165) is 45.3 Å². The molecule has 2 fully saturated rings. The lowest BCUT2D eigenvalue weighted by atomic mass is 9.95. The lowest BCUT2D eigenvalue weighted by Crippen LogP contribution is -2.29. The molecule has 0 atom stereocenters. The number of halogens is 4. The van der Waals surface area contributed by atoms with Crippen LogP contribution < -0.4 is 9.47 Å². The molecule has 2 aliphatic heterocycles. The number of aryl methyl sites for hydroxylation is 4. The van der Waals surface area contributed by atoms with Gasteiger partial charge in [0.25, 0.3) is 11.8 Å². The van der Waals surface area contributed by atoms with Crippen LogP contribution in [0.25, 0.3) is 11.3 Å². The molecule has 2 aromatic carbocycles. The van der Waals surface area contributed by atoms with Crippen LogP contribution in [0.3, 0.4) is 0 Å². The Hall–Kier alpha value is -5.42. The van der Waals surface area contributed by atoms with Crippen molar-refractivity contribution in [2.75, 3.05) is 0 Å². The molecular formula is C46H48Cl2F2N8O6. The van der Waals surface area contributed by atoms with Crippen LogP contribution in [0.4, 0.5) is 8.78 Å². The smallest absolute Gasteiger partial charge is 0.258 e. The van der Waals surface area contributed by atoms with E-state index < -0.39 is 11.6 Å². The molecule has 0 saturated heterocycles. The third-order valence-electron chi connectivity index (χ3n) is 12.7. The number of hydrogen-bond acceptors (Lipinski definition) is 10. The van der Waals surface area contributed by atoms with Gasteiger partial charge in [-0.3, -0.25) is 9.59 Å². The van der Waals surface area contributed by atoms with E-state index >= 15 is 0 Å². The number of benzene rings is 2. The summed E-state index contributed by atoms with van der Waals surface area (Å²) >= 11 is 12.6. The van der Waals surface area contributed by atoms with E-state index in [2.05, 4.69) is 20.2 Å². The van der Waals surface area contributed by atoms with Crippen LogP contribution in [0.5, 0.6) is 11.5 Å². The second-order valence-electron chi connectivity index (χ2n) is 17.2. The summed E-state index contributed by atoms with van der Waals surface area (Å²) in [5.74, 6) is -0.911. The average molecular weight is 918 g/mol. The summed E-state index contributed by atoms with van der Waals surface area (Å²) in [5.41, 5.74) is 8.46. The van der Waals surface area contributed by atoms with Gasteiger partial charge in [-0.25, -0.2) is 27.8 Å². The highest BCUT2D eigenvalue weighted by atomic mass is 35.5. The first-order valence-corrected chi connectivity index (χ1v) is 22.3. The van der Waals surface area contributed by atoms with Gasteiger partial charge in [0.1, 0.15) is 23.1 Å². The molecule has 18 heteroatoms. The molecule has 2 N–H and O–H groups in total. The molecule has 2 amide bonds. The van der Waals surface area contributed by atoms with Gasteiger partial charge in [0.2, 0.25) is 0 Å². The summed E-state index contributed by atoms with van der Waals surface area (Å²) in [5, 5.41) is 29.8. The quantitative estimate of drug-likeness (QED) is 0.168. The van der Waals surface area contributed by atoms with E-state index in [1.165, 1.54) is 36.4 Å². The highest BCUT2D eigenvalue weighted by Crippen LogP contribution is 2.35. The number of amides is 2. The van der Waals surface area contributed by atoms with Crippen LogP contribution in [-0.4, -0.2) is 85.4 Å². The Bertz CT molecular complexity index is 2630. The molecule has 0 radical (unpaired) electrons. The lowest BCUT2D eigenvalue weighted by Gasteiger charge is -2.27. The van der Waals surface area contributed by atoms with Gasteiger partial charge in [-0.2, -0.15) is 10.2 Å². The number of rotatable bonds is 6. The van der Waals surface area contributed by atoms with Gasteiger partial charge >= 0.3 is 0 Å². The van der Waals surface area contributed by atoms with Crippen molar-refractivity contribution in [1.29, 1.82) is 0 Å². The van der Waals surface area contributed by atoms with Gasteiger partial charge in [-0.15, -0.1) is 0 Å². The van der Waals surface area contributed by atoms with Crippen molar-refractivity contribution in [3.05, 3.63) is 114 Å². The van der Waals surface area contributed by atoms with Gasteiger partial charge in [0, 0.05) is 23.3 Å². The van der Waals surface area contributed by atoms with E-state index in [0.29, 0.717) is 110 Å². The van der Waals surface area contributed by atoms with E-state index in [-0.39, 0.29) is 47.7 Å². The molecule has 2 saturated carbocycles. The minimum Gasteiger partial charge on any atom is -0.489 e. The zero-order chi connectivity index (χ0) is 45.1. The standard InChI is InChI=1S/2C23H24ClFN4O3/c2*1-12-21(24)13(2)29-22(26-12)18-10-28(11-19(18)27-29)23(31)17-8-3-14(25)9-20(17)32-16-6-4-15(30)5-7-16/h2*3,8-9,15-16,30H,4-7,10-11H2,1-2H3. The first-order valence-electron chi connectivity index (χ1n) is 21.6. The van der Waals surface area contributed by atoms with Gasteiger partial charge < -0.3 is 29.5 Å². The maximum atomic E-state index is 14.0. The van der Waals surface area contributed by atoms with Crippen LogP contribution in [-0.2, 0) is 26.2 Å². The predicted octanol–water partition coefficient (Wildman–Crippen LogP) is 7.95. The summed E-state index contributed by atoms with van der Waals surface area (Å²) in [7, 11) is 0. The second kappa shape index (κ2) is 17.5. The zero-order valence-corrected chi connectivity index (χ0v) is 37.4. The Morgan fingerprint density at radius 3 is 1.36 bits per heavy atom. The maximum Gasteiger partial charge on any atom is 0.258 e. The molecule has 336 valence electrons. The number of aromatic nitrogens is 6. The zero-order valence-electron chi connectivity index (χ0n) is 35.9. The van der Waals surface area contributed by atoms with Crippen LogP contribution in [0.1, 0.15) is 117 Å². The topological polar surface area (TPSA) is 160 Å². The number of carbonyl (C=O) groups excluding carboxylic acids is 2. The molecule has 64 heavy (non-hydrogen) atoms. The first-order chi connectivity index (χ1) is 30.6. The van der Waals surface area contributed by atoms with Crippen LogP contribution in [0, 0.1) is 39.3 Å². The van der Waals surface area contributed by atoms with Gasteiger partial charge in [-0.05, 0) is 103 Å². The number of fused-ring (bicyclic) bond motifs is 6. The molecule has 10 rings (SSSR count). The lowest BCUT2D eigenvalue weighted by molar-refractivity contribution is 0.0628. The van der Waals surface area contributed by atoms with E-state index in [1.807, 2.05) is 27.7 Å². The molecule has 0 spiro atoms. The van der Waals surface area contributed by atoms with E-state index in [9.17, 15) is 28.6 Å². The fraction of sp³-hybridized carbons (Fsp3) is 0.435. The van der Waals surface area contributed by atoms with E-state index in [1.54, 1.807) is 18.8 Å². The number of nitrogens with zero attached hydrogens (tertiary/aromatic N) is 8. The molecule has 14 nitrogen and oxygen atoms in total. The monoisotopic (exact) mass is 916 g/mol. The van der Waals surface area contributed by atoms with Crippen LogP contribution >= 0.6 is 23.2 Å². The molecule has 0 bridgehead atoms. The molecule has 4 aromatic heterocycles. The van der Waals surface area contributed by atoms with Crippen molar-refractivity contribution in [2.24, 2.45) is 0 Å². The number of aliphatic hydroxyl groups is 2. The Labute approximate surface area is 377 Å². The Morgan fingerprint density at radius 1 is 0.609 bits per heavy atom. The van der Waals surface area contributed by atoms with Crippen molar-refractivity contribution < 1.29 is 38.1 Å². The number of aliphatic hydroxyl groups excluding tert-OH is 2. The third kappa shape index (κ3) is 8.36. The molecule has 6 aromatic rings. The molecular weight excluding hydrogens is 869 g/mol. The van der Waals surface area contributed by atoms with Crippen molar-refractivity contribution in [2.45, 2.75) is 130 Å². The Morgan fingerprint density at radius 2 is 0.984 bits per heavy atom. The minimum atomic E-state index is -0.457. The SMILES string of the molecule is Cc1nc2c3c(nn2c(C)c1Cl)CN(C(=O)c1ccc(F)cc1OC1CCC(O)CC1)C3.Cc1nc2c3c(nn2c(C)c1Cl)CN(C(=O)c1ccc(F)cc1OC1CCC(O)CC1)C3. The predicted molar refractivity (Wildman–Crippen MR) is 233 cm³/mol. The highest BCUT2D eigenvalue weighted by Gasteiger charge is 2.34. The minimum absolute atomic E-state index is 0.147. The average Bonchev–Trinajstić information content (AvgIpc) is 4.05. The van der Waals surface area contributed by atoms with Gasteiger partial charge in [-0.1, -0.05) is 23.2 Å². The molecule has 6 heterocycles. The maximum absolute atomic E-state index is 14.0. The largest absolute Gasteiger partial charge is 0.489 e. The fourth-order valence-electron chi connectivity index (χ4n) is 9.08. The van der Waals surface area contributed by atoms with Crippen molar-refractivity contribution in [3.8, 4) is 11.5 Å². The van der Waals surface area contributed by atoms with E-state index in [4.69, 9.17) is 32.7 Å². The Balaban J connectivity index is 0.000000162. The Kier molecular flexibility index (Phi) is 12.0. The summed E-state index contributed by atoms with van der Waals surface area (Å²) in [6, 6.07) is 8.02. The summed E-state index contributed by atoms with van der Waals surface area (Å²) in [6.45, 7) is 8.86. The molecule has 0 unspecified atom stereocenters. The number of ether oxygens (including phenoxy) is 2. The van der Waals surface area contributed by atoms with Crippen molar-refractivity contribution >= 4 is 46.3 Å².